The molecule has 110 valence electrons. The first kappa shape index (κ1) is 14.1. The second-order valence-corrected chi connectivity index (χ2v) is 5.63. The van der Waals surface area contributed by atoms with E-state index >= 15 is 0 Å². The SMILES string of the molecule is COc1ccccc1N1COc2cc(C)c(Cl)c(C)c2C1. The van der Waals surface area contributed by atoms with E-state index in [9.17, 15) is 0 Å². The van der Waals surface area contributed by atoms with Gasteiger partial charge in [0.25, 0.3) is 0 Å². The predicted octanol–water partition coefficient (Wildman–Crippen LogP) is 4.32. The molecule has 0 saturated heterocycles. The molecule has 0 atom stereocenters. The summed E-state index contributed by atoms with van der Waals surface area (Å²) in [4.78, 5) is 2.15. The van der Waals surface area contributed by atoms with Crippen molar-refractivity contribution in [2.24, 2.45) is 0 Å². The van der Waals surface area contributed by atoms with Crippen LogP contribution in [0.4, 0.5) is 5.69 Å². The molecule has 0 N–H and O–H groups in total. The Morgan fingerprint density at radius 1 is 1.24 bits per heavy atom. The highest BCUT2D eigenvalue weighted by molar-refractivity contribution is 6.32. The molecule has 0 bridgehead atoms. The maximum Gasteiger partial charge on any atom is 0.161 e. The number of aryl methyl sites for hydroxylation is 1. The molecule has 4 heteroatoms. The zero-order valence-electron chi connectivity index (χ0n) is 12.4. The highest BCUT2D eigenvalue weighted by atomic mass is 35.5. The summed E-state index contributed by atoms with van der Waals surface area (Å²) in [7, 11) is 1.68. The molecule has 1 aliphatic heterocycles. The van der Waals surface area contributed by atoms with Gasteiger partial charge < -0.3 is 14.4 Å². The zero-order valence-corrected chi connectivity index (χ0v) is 13.2. The van der Waals surface area contributed by atoms with Gasteiger partial charge in [0.15, 0.2) is 6.73 Å². The maximum atomic E-state index is 6.37. The van der Waals surface area contributed by atoms with E-state index in [-0.39, 0.29) is 0 Å². The minimum absolute atomic E-state index is 0.508. The van der Waals surface area contributed by atoms with E-state index in [2.05, 4.69) is 4.90 Å². The van der Waals surface area contributed by atoms with Gasteiger partial charge in [-0.1, -0.05) is 23.7 Å². The summed E-state index contributed by atoms with van der Waals surface area (Å²) in [6, 6.07) is 9.98. The Bertz CT molecular complexity index is 685. The molecule has 0 amide bonds. The van der Waals surface area contributed by atoms with Gasteiger partial charge in [0.2, 0.25) is 0 Å². The van der Waals surface area contributed by atoms with Gasteiger partial charge in [-0.25, -0.2) is 0 Å². The quantitative estimate of drug-likeness (QED) is 0.824. The summed E-state index contributed by atoms with van der Waals surface area (Å²) >= 11 is 6.37. The third-order valence-electron chi connectivity index (χ3n) is 3.92. The van der Waals surface area contributed by atoms with Crippen molar-refractivity contribution in [1.82, 2.24) is 0 Å². The number of hydrogen-bond acceptors (Lipinski definition) is 3. The number of fused-ring (bicyclic) bond motifs is 1. The van der Waals surface area contributed by atoms with E-state index in [1.165, 1.54) is 0 Å². The molecule has 1 aliphatic rings. The minimum atomic E-state index is 0.508. The van der Waals surface area contributed by atoms with E-state index in [1.54, 1.807) is 7.11 Å². The van der Waals surface area contributed by atoms with Crippen LogP contribution < -0.4 is 14.4 Å². The molecule has 0 saturated carbocycles. The van der Waals surface area contributed by atoms with Crippen LogP contribution in [0.2, 0.25) is 5.02 Å². The summed E-state index contributed by atoms with van der Waals surface area (Å²) in [5.41, 5.74) is 4.31. The largest absolute Gasteiger partial charge is 0.495 e. The third kappa shape index (κ3) is 2.42. The Hall–Kier alpha value is -1.87. The number of benzene rings is 2. The van der Waals surface area contributed by atoms with Crippen LogP contribution in [-0.4, -0.2) is 13.8 Å². The number of hydrogen-bond donors (Lipinski definition) is 0. The predicted molar refractivity (Wildman–Crippen MR) is 85.6 cm³/mol. The van der Waals surface area contributed by atoms with Gasteiger partial charge in [-0.2, -0.15) is 0 Å². The van der Waals surface area contributed by atoms with Gasteiger partial charge in [-0.15, -0.1) is 0 Å². The first-order valence-corrected chi connectivity index (χ1v) is 7.29. The summed E-state index contributed by atoms with van der Waals surface area (Å²) in [6.45, 7) is 5.32. The van der Waals surface area contributed by atoms with E-state index in [0.717, 1.165) is 45.4 Å². The molecule has 0 spiro atoms. The molecule has 3 rings (SSSR count). The smallest absolute Gasteiger partial charge is 0.161 e. The number of rotatable bonds is 2. The number of methoxy groups -OCH3 is 1. The Labute approximate surface area is 130 Å². The van der Waals surface area contributed by atoms with Gasteiger partial charge in [0, 0.05) is 10.6 Å². The molecule has 0 radical (unpaired) electrons. The van der Waals surface area contributed by atoms with Crippen molar-refractivity contribution in [1.29, 1.82) is 0 Å². The number of nitrogens with zero attached hydrogens (tertiary/aromatic N) is 1. The second kappa shape index (κ2) is 5.49. The van der Waals surface area contributed by atoms with Crippen molar-refractivity contribution in [2.45, 2.75) is 20.4 Å². The number of para-hydroxylation sites is 2. The first-order valence-electron chi connectivity index (χ1n) is 6.91. The molecule has 0 fully saturated rings. The fraction of sp³-hybridized carbons (Fsp3) is 0.294. The summed E-state index contributed by atoms with van der Waals surface area (Å²) in [5.74, 6) is 1.78. The van der Waals surface area contributed by atoms with Crippen LogP contribution in [0.1, 0.15) is 16.7 Å². The summed E-state index contributed by atoms with van der Waals surface area (Å²) in [6.07, 6.45) is 0. The normalized spacial score (nSPS) is 13.6. The van der Waals surface area contributed by atoms with Crippen LogP contribution in [-0.2, 0) is 6.54 Å². The number of ether oxygens (including phenoxy) is 2. The molecule has 3 nitrogen and oxygen atoms in total. The Kier molecular flexibility index (Phi) is 3.68. The Morgan fingerprint density at radius 2 is 2.00 bits per heavy atom. The summed E-state index contributed by atoms with van der Waals surface area (Å²) < 4.78 is 11.4. The number of halogens is 1. The Balaban J connectivity index is 2.00. The van der Waals surface area contributed by atoms with Gasteiger partial charge in [-0.3, -0.25) is 0 Å². The first-order chi connectivity index (χ1) is 10.1. The van der Waals surface area contributed by atoms with Crippen molar-refractivity contribution in [2.75, 3.05) is 18.7 Å². The molecular formula is C17H18ClNO2. The van der Waals surface area contributed by atoms with Crippen LogP contribution in [0.15, 0.2) is 30.3 Å². The number of anilines is 1. The average molecular weight is 304 g/mol. The molecule has 0 unspecified atom stereocenters. The van der Waals surface area contributed by atoms with Crippen LogP contribution in [0.5, 0.6) is 11.5 Å². The highest BCUT2D eigenvalue weighted by Gasteiger charge is 2.23. The van der Waals surface area contributed by atoms with Crippen molar-refractivity contribution in [3.05, 3.63) is 52.0 Å². The van der Waals surface area contributed by atoms with E-state index in [4.69, 9.17) is 21.1 Å². The average Bonchev–Trinajstić information content (AvgIpc) is 2.52. The molecule has 0 aromatic heterocycles. The third-order valence-corrected chi connectivity index (χ3v) is 4.51. The molecule has 2 aromatic carbocycles. The molecular weight excluding hydrogens is 286 g/mol. The lowest BCUT2D eigenvalue weighted by molar-refractivity contribution is 0.286. The van der Waals surface area contributed by atoms with Crippen LogP contribution in [0, 0.1) is 13.8 Å². The van der Waals surface area contributed by atoms with Gasteiger partial charge in [0.05, 0.1) is 19.3 Å². The van der Waals surface area contributed by atoms with E-state index in [0.29, 0.717) is 6.73 Å². The standard InChI is InChI=1S/C17H18ClNO2/c1-11-8-16-13(12(2)17(11)18)9-19(10-21-16)14-6-4-5-7-15(14)20-3/h4-8H,9-10H2,1-3H3. The molecule has 21 heavy (non-hydrogen) atoms. The van der Waals surface area contributed by atoms with Crippen molar-refractivity contribution in [3.63, 3.8) is 0 Å². The molecule has 0 aliphatic carbocycles. The van der Waals surface area contributed by atoms with E-state index in [1.807, 2.05) is 44.2 Å². The van der Waals surface area contributed by atoms with Crippen molar-refractivity contribution < 1.29 is 9.47 Å². The lowest BCUT2D eigenvalue weighted by Gasteiger charge is -2.33. The summed E-state index contributed by atoms with van der Waals surface area (Å²) in [5, 5.41) is 0.819. The fourth-order valence-corrected chi connectivity index (χ4v) is 2.88. The van der Waals surface area contributed by atoms with Gasteiger partial charge in [0.1, 0.15) is 11.5 Å². The van der Waals surface area contributed by atoms with Crippen LogP contribution >= 0.6 is 11.6 Å². The second-order valence-electron chi connectivity index (χ2n) is 5.25. The molecule has 2 aromatic rings. The topological polar surface area (TPSA) is 21.7 Å². The molecule has 1 heterocycles. The van der Waals surface area contributed by atoms with Crippen LogP contribution in [0.3, 0.4) is 0 Å². The minimum Gasteiger partial charge on any atom is -0.495 e. The van der Waals surface area contributed by atoms with Crippen molar-refractivity contribution in [3.8, 4) is 11.5 Å². The van der Waals surface area contributed by atoms with E-state index < -0.39 is 0 Å². The zero-order chi connectivity index (χ0) is 15.0. The highest BCUT2D eigenvalue weighted by Crippen LogP contribution is 2.38. The lowest BCUT2D eigenvalue weighted by Crippen LogP contribution is -2.32. The lowest BCUT2D eigenvalue weighted by atomic mass is 10.0. The van der Waals surface area contributed by atoms with Gasteiger partial charge in [-0.05, 0) is 43.2 Å². The van der Waals surface area contributed by atoms with Crippen molar-refractivity contribution >= 4 is 17.3 Å². The van der Waals surface area contributed by atoms with Crippen LogP contribution in [0.25, 0.3) is 0 Å². The maximum absolute atomic E-state index is 6.37. The monoisotopic (exact) mass is 303 g/mol. The fourth-order valence-electron chi connectivity index (χ4n) is 2.72. The van der Waals surface area contributed by atoms with Gasteiger partial charge >= 0.3 is 0 Å². The Morgan fingerprint density at radius 3 is 2.76 bits per heavy atom.